The van der Waals surface area contributed by atoms with E-state index in [0.717, 1.165) is 4.90 Å². The normalized spacial score (nSPS) is 19.6. The van der Waals surface area contributed by atoms with E-state index in [4.69, 9.17) is 9.47 Å². The van der Waals surface area contributed by atoms with Crippen LogP contribution in [0.2, 0.25) is 0 Å². The number of methoxy groups -OCH3 is 2. The van der Waals surface area contributed by atoms with Gasteiger partial charge in [0.15, 0.2) is 0 Å². The van der Waals surface area contributed by atoms with Crippen molar-refractivity contribution in [1.82, 2.24) is 4.90 Å². The molecule has 172 valence electrons. The second kappa shape index (κ2) is 9.05. The molecule has 0 N–H and O–H groups in total. The molecule has 1 fully saturated rings. The first kappa shape index (κ1) is 22.5. The summed E-state index contributed by atoms with van der Waals surface area (Å²) >= 11 is 0. The lowest BCUT2D eigenvalue weighted by atomic mass is 9.95. The monoisotopic (exact) mass is 450 g/mol. The van der Waals surface area contributed by atoms with Gasteiger partial charge in [0.2, 0.25) is 5.91 Å². The number of anilines is 1. The predicted molar refractivity (Wildman–Crippen MR) is 121 cm³/mol. The van der Waals surface area contributed by atoms with Crippen molar-refractivity contribution in [3.63, 3.8) is 0 Å². The van der Waals surface area contributed by atoms with Crippen LogP contribution in [0.3, 0.4) is 0 Å². The van der Waals surface area contributed by atoms with Crippen LogP contribution in [0.4, 0.5) is 5.69 Å². The highest BCUT2D eigenvalue weighted by Gasteiger charge is 2.40. The molecule has 1 saturated carbocycles. The molecule has 1 heterocycles. The van der Waals surface area contributed by atoms with Gasteiger partial charge in [0.1, 0.15) is 17.3 Å². The summed E-state index contributed by atoms with van der Waals surface area (Å²) in [7, 11) is 3.02. The van der Waals surface area contributed by atoms with Gasteiger partial charge < -0.3 is 14.4 Å². The number of nitrogens with zero attached hydrogens (tertiary/aromatic N) is 2. The lowest BCUT2D eigenvalue weighted by Crippen LogP contribution is -2.44. The van der Waals surface area contributed by atoms with Gasteiger partial charge in [-0.1, -0.05) is 19.1 Å². The van der Waals surface area contributed by atoms with Crippen LogP contribution < -0.4 is 14.4 Å². The molecule has 2 aromatic rings. The number of rotatable bonds is 7. The van der Waals surface area contributed by atoms with Crippen molar-refractivity contribution in [3.8, 4) is 11.5 Å². The first-order valence-electron chi connectivity index (χ1n) is 10.9. The number of benzene rings is 2. The van der Waals surface area contributed by atoms with Crippen molar-refractivity contribution >= 4 is 29.2 Å². The Morgan fingerprint density at radius 1 is 1.03 bits per heavy atom. The second-order valence-corrected chi connectivity index (χ2v) is 8.24. The molecule has 1 aliphatic carbocycles. The van der Waals surface area contributed by atoms with E-state index in [1.165, 1.54) is 19.1 Å². The van der Waals surface area contributed by atoms with Crippen molar-refractivity contribution in [2.75, 3.05) is 32.2 Å². The number of carbonyl (C=O) groups is 4. The van der Waals surface area contributed by atoms with Gasteiger partial charge in [-0.25, -0.2) is 0 Å². The van der Waals surface area contributed by atoms with Gasteiger partial charge in [0, 0.05) is 37.4 Å². The molecule has 33 heavy (non-hydrogen) atoms. The highest BCUT2D eigenvalue weighted by atomic mass is 16.5. The summed E-state index contributed by atoms with van der Waals surface area (Å²) < 4.78 is 10.8. The Morgan fingerprint density at radius 3 is 2.24 bits per heavy atom. The minimum Gasteiger partial charge on any atom is -0.497 e. The number of ketones is 1. The maximum absolute atomic E-state index is 13.6. The van der Waals surface area contributed by atoms with E-state index < -0.39 is 11.8 Å². The van der Waals surface area contributed by atoms with E-state index in [2.05, 4.69) is 0 Å². The molecular weight excluding hydrogens is 424 g/mol. The topological polar surface area (TPSA) is 93.2 Å². The molecule has 3 amide bonds. The minimum atomic E-state index is -0.476. The summed E-state index contributed by atoms with van der Waals surface area (Å²) in [5.41, 5.74) is 1.17. The summed E-state index contributed by atoms with van der Waals surface area (Å²) in [6.07, 6.45) is 0.827. The quantitative estimate of drug-likeness (QED) is 0.602. The lowest BCUT2D eigenvalue weighted by Gasteiger charge is -2.30. The number of imide groups is 1. The molecule has 2 aromatic carbocycles. The highest BCUT2D eigenvalue weighted by Crippen LogP contribution is 2.37. The van der Waals surface area contributed by atoms with Crippen molar-refractivity contribution in [3.05, 3.63) is 53.6 Å². The predicted octanol–water partition coefficient (Wildman–Crippen LogP) is 2.95. The number of carbonyl (C=O) groups excluding carboxylic acids is 4. The second-order valence-electron chi connectivity index (χ2n) is 8.24. The molecule has 8 heteroatoms. The van der Waals surface area contributed by atoms with Crippen LogP contribution in [0, 0.1) is 11.8 Å². The summed E-state index contributed by atoms with van der Waals surface area (Å²) in [5, 5.41) is 0. The van der Waals surface area contributed by atoms with E-state index >= 15 is 0 Å². The van der Waals surface area contributed by atoms with Crippen LogP contribution in [-0.4, -0.2) is 55.7 Å². The molecule has 0 saturated heterocycles. The molecule has 8 nitrogen and oxygen atoms in total. The summed E-state index contributed by atoms with van der Waals surface area (Å²) in [5.74, 6) is -0.840. The van der Waals surface area contributed by atoms with Crippen molar-refractivity contribution in [2.45, 2.75) is 19.8 Å². The Labute approximate surface area is 192 Å². The van der Waals surface area contributed by atoms with Crippen LogP contribution in [0.25, 0.3) is 0 Å². The SMILES string of the molecule is COc1ccc(OC)c(N(CCN2C(=O)c3ccccc3C2=O)C(=O)[C@@H]2CCC(=O)[C@H]2C)c1. The van der Waals surface area contributed by atoms with Crippen LogP contribution in [-0.2, 0) is 9.59 Å². The van der Waals surface area contributed by atoms with Gasteiger partial charge in [-0.2, -0.15) is 0 Å². The zero-order valence-electron chi connectivity index (χ0n) is 18.9. The zero-order chi connectivity index (χ0) is 23.7. The molecule has 0 bridgehead atoms. The average Bonchev–Trinajstić information content (AvgIpc) is 3.29. The average molecular weight is 450 g/mol. The smallest absolute Gasteiger partial charge is 0.261 e. The van der Waals surface area contributed by atoms with E-state index in [1.807, 2.05) is 0 Å². The Bertz CT molecular complexity index is 1090. The van der Waals surface area contributed by atoms with Crippen LogP contribution in [0.5, 0.6) is 11.5 Å². The number of amides is 3. The summed E-state index contributed by atoms with van der Waals surface area (Å²) in [4.78, 5) is 54.1. The molecule has 0 radical (unpaired) electrons. The summed E-state index contributed by atoms with van der Waals surface area (Å²) in [6.45, 7) is 1.84. The molecule has 4 rings (SSSR count). The largest absolute Gasteiger partial charge is 0.497 e. The number of hydrogen-bond acceptors (Lipinski definition) is 6. The molecule has 0 unspecified atom stereocenters. The van der Waals surface area contributed by atoms with E-state index in [1.54, 1.807) is 49.4 Å². The Hall–Kier alpha value is -3.68. The first-order valence-corrected chi connectivity index (χ1v) is 10.9. The number of hydrogen-bond donors (Lipinski definition) is 0. The zero-order valence-corrected chi connectivity index (χ0v) is 18.9. The Kier molecular flexibility index (Phi) is 6.18. The molecule has 2 atom stereocenters. The third-order valence-corrected chi connectivity index (χ3v) is 6.50. The van der Waals surface area contributed by atoms with Crippen molar-refractivity contribution in [1.29, 1.82) is 0 Å². The lowest BCUT2D eigenvalue weighted by molar-refractivity contribution is -0.127. The van der Waals surface area contributed by atoms with Crippen molar-refractivity contribution < 1.29 is 28.7 Å². The molecule has 2 aliphatic rings. The van der Waals surface area contributed by atoms with Gasteiger partial charge in [-0.15, -0.1) is 0 Å². The van der Waals surface area contributed by atoms with Gasteiger partial charge in [-0.05, 0) is 30.7 Å². The number of Topliss-reactive ketones (excluding diaryl/α,β-unsaturated/α-hetero) is 1. The third-order valence-electron chi connectivity index (χ3n) is 6.50. The van der Waals surface area contributed by atoms with Gasteiger partial charge in [-0.3, -0.25) is 24.1 Å². The third kappa shape index (κ3) is 3.97. The van der Waals surface area contributed by atoms with Crippen molar-refractivity contribution in [2.24, 2.45) is 11.8 Å². The van der Waals surface area contributed by atoms with Gasteiger partial charge >= 0.3 is 0 Å². The molecule has 0 spiro atoms. The maximum atomic E-state index is 13.6. The molecule has 1 aliphatic heterocycles. The summed E-state index contributed by atoms with van der Waals surface area (Å²) in [6, 6.07) is 11.8. The highest BCUT2D eigenvalue weighted by molar-refractivity contribution is 6.21. The Morgan fingerprint density at radius 2 is 1.70 bits per heavy atom. The van der Waals surface area contributed by atoms with E-state index in [0.29, 0.717) is 41.2 Å². The molecule has 0 aromatic heterocycles. The standard InChI is InChI=1S/C25H26N2O6/c1-15-17(9-10-21(15)28)23(29)26(20-14-16(32-2)8-11-22(20)33-3)12-13-27-24(30)18-6-4-5-7-19(18)25(27)31/h4-8,11,14-15,17H,9-10,12-13H2,1-3H3/t15-,17+/m0/s1. The van der Waals surface area contributed by atoms with Crippen LogP contribution in [0.15, 0.2) is 42.5 Å². The Balaban J connectivity index is 1.66. The first-order chi connectivity index (χ1) is 15.9. The van der Waals surface area contributed by atoms with E-state index in [-0.39, 0.29) is 36.6 Å². The minimum absolute atomic E-state index is 0.00744. The van der Waals surface area contributed by atoms with Gasteiger partial charge in [0.25, 0.3) is 11.8 Å². The number of fused-ring (bicyclic) bond motifs is 1. The fraction of sp³-hybridized carbons (Fsp3) is 0.360. The van der Waals surface area contributed by atoms with E-state index in [9.17, 15) is 19.2 Å². The number of ether oxygens (including phenoxy) is 2. The fourth-order valence-corrected chi connectivity index (χ4v) is 4.54. The molecular formula is C25H26N2O6. The fourth-order valence-electron chi connectivity index (χ4n) is 4.54. The van der Waals surface area contributed by atoms with Crippen LogP contribution in [0.1, 0.15) is 40.5 Å². The maximum Gasteiger partial charge on any atom is 0.261 e. The van der Waals surface area contributed by atoms with Crippen LogP contribution >= 0.6 is 0 Å². The van der Waals surface area contributed by atoms with Gasteiger partial charge in [0.05, 0.1) is 31.0 Å².